The molecule has 4 N–H and O–H groups in total. The van der Waals surface area contributed by atoms with E-state index >= 15 is 4.39 Å². The Labute approximate surface area is 177 Å². The number of nitrogens with zero attached hydrogens (tertiary/aromatic N) is 2. The van der Waals surface area contributed by atoms with Gasteiger partial charge < -0.3 is 21.1 Å². The largest absolute Gasteiger partial charge is 0.454 e. The fraction of sp³-hybridized carbons (Fsp3) is 0.136. The average molecular weight is 426 g/mol. The molecule has 0 fully saturated rings. The van der Waals surface area contributed by atoms with Gasteiger partial charge >= 0.3 is 0 Å². The summed E-state index contributed by atoms with van der Waals surface area (Å²) in [5, 5.41) is 0. The maximum atomic E-state index is 15.0. The number of benzene rings is 2. The van der Waals surface area contributed by atoms with Crippen molar-refractivity contribution in [2.45, 2.75) is 19.4 Å². The van der Waals surface area contributed by atoms with E-state index < -0.39 is 41.7 Å². The quantitative estimate of drug-likeness (QED) is 0.560. The number of amides is 2. The Morgan fingerprint density at radius 2 is 1.81 bits per heavy atom. The number of hydrogen-bond donors (Lipinski definition) is 2. The van der Waals surface area contributed by atoms with E-state index in [0.29, 0.717) is 5.56 Å². The monoisotopic (exact) mass is 426 g/mol. The predicted molar refractivity (Wildman–Crippen MR) is 111 cm³/mol. The van der Waals surface area contributed by atoms with Crippen molar-refractivity contribution < 1.29 is 23.1 Å². The first-order valence-corrected chi connectivity index (χ1v) is 9.30. The van der Waals surface area contributed by atoms with Crippen molar-refractivity contribution in [1.82, 2.24) is 4.98 Å². The van der Waals surface area contributed by atoms with Crippen LogP contribution >= 0.6 is 0 Å². The molecule has 1 atom stereocenters. The van der Waals surface area contributed by atoms with Gasteiger partial charge in [0.2, 0.25) is 11.8 Å². The lowest BCUT2D eigenvalue weighted by atomic mass is 10.0. The van der Waals surface area contributed by atoms with Crippen LogP contribution in [0.5, 0.6) is 11.5 Å². The van der Waals surface area contributed by atoms with Gasteiger partial charge in [0.15, 0.2) is 17.4 Å². The minimum atomic E-state index is -0.918. The zero-order valence-electron chi connectivity index (χ0n) is 16.6. The minimum Gasteiger partial charge on any atom is -0.454 e. The van der Waals surface area contributed by atoms with E-state index in [9.17, 15) is 14.0 Å². The van der Waals surface area contributed by atoms with Crippen LogP contribution in [-0.4, -0.2) is 16.8 Å². The van der Waals surface area contributed by atoms with E-state index in [-0.39, 0.29) is 17.3 Å². The van der Waals surface area contributed by atoms with E-state index in [2.05, 4.69) is 4.98 Å². The first-order chi connectivity index (χ1) is 14.8. The summed E-state index contributed by atoms with van der Waals surface area (Å²) in [4.78, 5) is 28.8. The van der Waals surface area contributed by atoms with Gasteiger partial charge in [-0.3, -0.25) is 9.59 Å². The molecule has 31 heavy (non-hydrogen) atoms. The molecule has 0 aliphatic carbocycles. The van der Waals surface area contributed by atoms with E-state index in [1.165, 1.54) is 18.3 Å². The number of nitrogens with two attached hydrogens (primary N) is 2. The Balaban J connectivity index is 2.01. The van der Waals surface area contributed by atoms with E-state index in [0.717, 1.165) is 17.0 Å². The zero-order valence-corrected chi connectivity index (χ0v) is 16.6. The van der Waals surface area contributed by atoms with Crippen molar-refractivity contribution in [2.75, 3.05) is 10.6 Å². The summed E-state index contributed by atoms with van der Waals surface area (Å²) in [6.07, 6.45) is 0.700. The summed E-state index contributed by atoms with van der Waals surface area (Å²) in [6, 6.07) is 12.5. The fourth-order valence-electron chi connectivity index (χ4n) is 3.07. The molecule has 1 heterocycles. The van der Waals surface area contributed by atoms with E-state index in [1.54, 1.807) is 37.3 Å². The van der Waals surface area contributed by atoms with Gasteiger partial charge in [-0.2, -0.15) is 0 Å². The maximum Gasteiger partial charge on any atom is 0.237 e. The van der Waals surface area contributed by atoms with Crippen LogP contribution in [0.3, 0.4) is 0 Å². The van der Waals surface area contributed by atoms with Crippen LogP contribution in [0.15, 0.2) is 60.8 Å². The van der Waals surface area contributed by atoms with Gasteiger partial charge in [0.25, 0.3) is 0 Å². The van der Waals surface area contributed by atoms with Crippen molar-refractivity contribution in [1.29, 1.82) is 0 Å². The van der Waals surface area contributed by atoms with Crippen molar-refractivity contribution >= 4 is 23.3 Å². The van der Waals surface area contributed by atoms with Gasteiger partial charge in [0, 0.05) is 24.4 Å². The molecular formula is C22H20F2N4O3. The van der Waals surface area contributed by atoms with Gasteiger partial charge in [-0.1, -0.05) is 30.3 Å². The molecular weight excluding hydrogens is 406 g/mol. The topological polar surface area (TPSA) is 112 Å². The highest BCUT2D eigenvalue weighted by atomic mass is 19.1. The van der Waals surface area contributed by atoms with Crippen molar-refractivity contribution in [2.24, 2.45) is 5.73 Å². The summed E-state index contributed by atoms with van der Waals surface area (Å²) in [5.74, 6) is -3.57. The summed E-state index contributed by atoms with van der Waals surface area (Å²) in [6.45, 7) is 1.63. The van der Waals surface area contributed by atoms with Gasteiger partial charge in [-0.25, -0.2) is 13.8 Å². The molecule has 2 amide bonds. The number of aromatic nitrogens is 1. The molecule has 0 spiro atoms. The first-order valence-electron chi connectivity index (χ1n) is 9.30. The molecule has 0 radical (unpaired) electrons. The molecule has 2 aromatic carbocycles. The number of rotatable bonds is 7. The van der Waals surface area contributed by atoms with Crippen molar-refractivity contribution in [3.63, 3.8) is 0 Å². The smallest absolute Gasteiger partial charge is 0.237 e. The third kappa shape index (κ3) is 5.13. The Morgan fingerprint density at radius 1 is 1.10 bits per heavy atom. The number of hydrogen-bond acceptors (Lipinski definition) is 5. The first kappa shape index (κ1) is 21.7. The third-order valence-electron chi connectivity index (χ3n) is 4.50. The highest BCUT2D eigenvalue weighted by Crippen LogP contribution is 2.35. The molecule has 1 unspecified atom stereocenters. The van der Waals surface area contributed by atoms with Gasteiger partial charge in [0.05, 0.1) is 11.7 Å². The standard InChI is InChI=1S/C22H20F2N4O3/c1-13(14-5-3-2-4-6-14)28(22(30)12-21(26)29)18-10-17(24)19(11-16(18)23)31-15-7-8-27-20(25)9-15/h2-11,13H,12H2,1H3,(H2,25,27)(H2,26,29). The summed E-state index contributed by atoms with van der Waals surface area (Å²) in [5.41, 5.74) is 11.0. The molecule has 9 heteroatoms. The SMILES string of the molecule is CC(c1ccccc1)N(C(=O)CC(N)=O)c1cc(F)c(Oc2ccnc(N)c2)cc1F. The van der Waals surface area contributed by atoms with Crippen molar-refractivity contribution in [3.8, 4) is 11.5 Å². The predicted octanol–water partition coefficient (Wildman–Crippen LogP) is 3.70. The Morgan fingerprint density at radius 3 is 2.45 bits per heavy atom. The Hall–Kier alpha value is -4.01. The lowest BCUT2D eigenvalue weighted by Crippen LogP contribution is -2.37. The summed E-state index contributed by atoms with van der Waals surface area (Å²) >= 11 is 0. The highest BCUT2D eigenvalue weighted by Gasteiger charge is 2.28. The second kappa shape index (κ2) is 9.21. The molecule has 3 aromatic rings. The average Bonchev–Trinajstić information content (AvgIpc) is 2.71. The number of anilines is 2. The molecule has 1 aromatic heterocycles. The van der Waals surface area contributed by atoms with Crippen LogP contribution in [0.25, 0.3) is 0 Å². The molecule has 160 valence electrons. The van der Waals surface area contributed by atoms with Crippen LogP contribution in [0.4, 0.5) is 20.3 Å². The number of ether oxygens (including phenoxy) is 1. The van der Waals surface area contributed by atoms with E-state index in [1.807, 2.05) is 0 Å². The lowest BCUT2D eigenvalue weighted by molar-refractivity contribution is -0.126. The van der Waals surface area contributed by atoms with Crippen LogP contribution in [0.1, 0.15) is 24.9 Å². The van der Waals surface area contributed by atoms with Crippen molar-refractivity contribution in [3.05, 3.63) is 78.0 Å². The lowest BCUT2D eigenvalue weighted by Gasteiger charge is -2.30. The molecule has 0 saturated heterocycles. The molecule has 7 nitrogen and oxygen atoms in total. The van der Waals surface area contributed by atoms with E-state index in [4.69, 9.17) is 16.2 Å². The number of primary amides is 1. The number of carbonyl (C=O) groups excluding carboxylic acids is 2. The number of carbonyl (C=O) groups is 2. The second-order valence-electron chi connectivity index (χ2n) is 6.75. The molecule has 0 saturated carbocycles. The van der Waals surface area contributed by atoms with Crippen LogP contribution in [-0.2, 0) is 9.59 Å². The zero-order chi connectivity index (χ0) is 22.5. The number of halogens is 2. The van der Waals surface area contributed by atoms with Gasteiger partial charge in [-0.05, 0) is 18.6 Å². The Bertz CT molecular complexity index is 1110. The number of nitrogen functional groups attached to an aromatic ring is 1. The Kier molecular flexibility index (Phi) is 6.44. The second-order valence-corrected chi connectivity index (χ2v) is 6.75. The molecule has 0 aliphatic heterocycles. The molecule has 0 aliphatic rings. The third-order valence-corrected chi connectivity index (χ3v) is 4.50. The maximum absolute atomic E-state index is 15.0. The number of pyridine rings is 1. The van der Waals surface area contributed by atoms with Crippen LogP contribution in [0.2, 0.25) is 0 Å². The normalized spacial score (nSPS) is 11.6. The summed E-state index contributed by atoms with van der Waals surface area (Å²) < 4.78 is 35.2. The fourth-order valence-corrected chi connectivity index (χ4v) is 3.07. The van der Waals surface area contributed by atoms with Gasteiger partial charge in [0.1, 0.15) is 18.0 Å². The van der Waals surface area contributed by atoms with Crippen LogP contribution in [0, 0.1) is 11.6 Å². The minimum absolute atomic E-state index is 0.148. The van der Waals surface area contributed by atoms with Crippen LogP contribution < -0.4 is 21.1 Å². The highest BCUT2D eigenvalue weighted by molar-refractivity contribution is 6.05. The van der Waals surface area contributed by atoms with Gasteiger partial charge in [-0.15, -0.1) is 0 Å². The molecule has 0 bridgehead atoms. The molecule has 3 rings (SSSR count). The summed E-state index contributed by atoms with van der Waals surface area (Å²) in [7, 11) is 0.